The zero-order chi connectivity index (χ0) is 20.5. The van der Waals surface area contributed by atoms with Gasteiger partial charge in [0.1, 0.15) is 6.23 Å². The molecule has 0 radical (unpaired) electrons. The maximum absolute atomic E-state index is 11.8. The molecular formula is C20H37NO6S. The van der Waals surface area contributed by atoms with Gasteiger partial charge in [-0.3, -0.25) is 4.90 Å². The van der Waals surface area contributed by atoms with Gasteiger partial charge < -0.3 is 9.47 Å². The lowest BCUT2D eigenvalue weighted by molar-refractivity contribution is -0.396. The summed E-state index contributed by atoms with van der Waals surface area (Å²) in [6.07, 6.45) is 2.83. The molecule has 0 amide bonds. The Balaban J connectivity index is 0.00000109. The van der Waals surface area contributed by atoms with Crippen molar-refractivity contribution in [3.05, 3.63) is 0 Å². The predicted octanol–water partition coefficient (Wildman–Crippen LogP) is 2.97. The molecule has 28 heavy (non-hydrogen) atoms. The van der Waals surface area contributed by atoms with Crippen LogP contribution in [0.3, 0.4) is 0 Å². The number of rotatable bonds is 2. The van der Waals surface area contributed by atoms with Crippen molar-refractivity contribution in [2.24, 2.45) is 29.6 Å². The van der Waals surface area contributed by atoms with Gasteiger partial charge in [-0.1, -0.05) is 34.1 Å². The molecule has 0 aromatic heterocycles. The summed E-state index contributed by atoms with van der Waals surface area (Å²) in [6.45, 7) is 9.58. The van der Waals surface area contributed by atoms with Crippen molar-refractivity contribution >= 4 is 9.84 Å². The van der Waals surface area contributed by atoms with Crippen LogP contribution in [0.4, 0.5) is 0 Å². The Morgan fingerprint density at radius 1 is 0.964 bits per heavy atom. The van der Waals surface area contributed by atoms with Gasteiger partial charge in [0.15, 0.2) is 22.4 Å². The first-order valence-corrected chi connectivity index (χ1v) is 12.8. The summed E-state index contributed by atoms with van der Waals surface area (Å²) in [6, 6.07) is 0. The van der Waals surface area contributed by atoms with Gasteiger partial charge in [0.05, 0.1) is 11.5 Å². The highest BCUT2D eigenvalue weighted by molar-refractivity contribution is 7.91. The number of ether oxygens (including phenoxy) is 2. The van der Waals surface area contributed by atoms with Crippen molar-refractivity contribution in [2.45, 2.75) is 72.2 Å². The first-order valence-electron chi connectivity index (χ1n) is 11.0. The number of nitrogens with zero attached hydrogens (tertiary/aromatic N) is 1. The van der Waals surface area contributed by atoms with Crippen molar-refractivity contribution < 1.29 is 28.0 Å². The third kappa shape index (κ3) is 4.42. The molecule has 0 spiro atoms. The highest BCUT2D eigenvalue weighted by atomic mass is 32.2. The van der Waals surface area contributed by atoms with Gasteiger partial charge in [0.2, 0.25) is 0 Å². The molecule has 0 aromatic rings. The van der Waals surface area contributed by atoms with Crippen molar-refractivity contribution in [1.29, 1.82) is 0 Å². The Morgan fingerprint density at radius 2 is 1.61 bits per heavy atom. The molecule has 4 fully saturated rings. The molecular weight excluding hydrogens is 382 g/mol. The van der Waals surface area contributed by atoms with Gasteiger partial charge in [0.25, 0.3) is 0 Å². The smallest absolute Gasteiger partial charge is 0.193 e. The van der Waals surface area contributed by atoms with E-state index in [0.29, 0.717) is 49.1 Å². The largest absolute Gasteiger partial charge is 0.334 e. The van der Waals surface area contributed by atoms with Crippen LogP contribution in [0.25, 0.3) is 0 Å². The summed E-state index contributed by atoms with van der Waals surface area (Å²) in [5.41, 5.74) is 0. The summed E-state index contributed by atoms with van der Waals surface area (Å²) >= 11 is 0. The molecule has 4 rings (SSSR count). The lowest BCUT2D eigenvalue weighted by atomic mass is 9.61. The maximum atomic E-state index is 11.8. The zero-order valence-corrected chi connectivity index (χ0v) is 18.4. The van der Waals surface area contributed by atoms with Crippen LogP contribution >= 0.6 is 0 Å². The standard InChI is InChI=1S/C18H31NO6S.C2H6/c1-11-3-4-14-12(2)17(19-7-9-26(21,22)10-8-19)24-18-16(14)13(11)5-6-15(23-18)25-20;1-2/h11-18,20H,3-10H2,1-2H3;1-2H3/t11-,12-,13+,14+,15-,16?,17?,18+;/m1./s1. The maximum Gasteiger partial charge on any atom is 0.193 e. The minimum absolute atomic E-state index is 0.136. The average Bonchev–Trinajstić information content (AvgIpc) is 2.88. The van der Waals surface area contributed by atoms with E-state index in [2.05, 4.69) is 23.6 Å². The highest BCUT2D eigenvalue weighted by Crippen LogP contribution is 2.52. The van der Waals surface area contributed by atoms with Crippen LogP contribution in [0, 0.1) is 29.6 Å². The molecule has 3 saturated heterocycles. The second-order valence-electron chi connectivity index (χ2n) is 8.65. The molecule has 8 atom stereocenters. The first kappa shape index (κ1) is 22.4. The van der Waals surface area contributed by atoms with E-state index < -0.39 is 22.4 Å². The molecule has 3 heterocycles. The minimum atomic E-state index is -2.92. The van der Waals surface area contributed by atoms with E-state index in [1.807, 2.05) is 13.8 Å². The van der Waals surface area contributed by atoms with Crippen LogP contribution in [0.1, 0.15) is 53.4 Å². The summed E-state index contributed by atoms with van der Waals surface area (Å²) in [5, 5.41) is 9.18. The highest BCUT2D eigenvalue weighted by Gasteiger charge is 2.53. The SMILES string of the molecule is CC.C[C@@H]1CC[C@@H]2C3[C@H](OC(N4CCS(=O)(=O)CC4)[C@@H]2C)O[C@H](OO)CC[C@H]31. The first-order chi connectivity index (χ1) is 13.4. The Bertz CT molecular complexity index is 600. The topological polar surface area (TPSA) is 85.3 Å². The van der Waals surface area contributed by atoms with Crippen LogP contribution in [-0.2, 0) is 24.2 Å². The van der Waals surface area contributed by atoms with Crippen LogP contribution in [-0.4, -0.2) is 62.0 Å². The molecule has 0 bridgehead atoms. The van der Waals surface area contributed by atoms with Crippen LogP contribution in [0.5, 0.6) is 0 Å². The predicted molar refractivity (Wildman–Crippen MR) is 106 cm³/mol. The molecule has 0 aromatic carbocycles. The lowest BCUT2D eigenvalue weighted by Gasteiger charge is -2.54. The van der Waals surface area contributed by atoms with Crippen molar-refractivity contribution in [3.8, 4) is 0 Å². The molecule has 164 valence electrons. The average molecular weight is 420 g/mol. The Hall–Kier alpha value is -0.250. The second kappa shape index (κ2) is 9.27. The van der Waals surface area contributed by atoms with E-state index in [1.165, 1.54) is 6.42 Å². The molecule has 1 saturated carbocycles. The number of sulfone groups is 1. The Morgan fingerprint density at radius 3 is 2.25 bits per heavy atom. The zero-order valence-electron chi connectivity index (χ0n) is 17.6. The van der Waals surface area contributed by atoms with Gasteiger partial charge in [-0.15, -0.1) is 0 Å². The third-order valence-corrected chi connectivity index (χ3v) is 8.88. The van der Waals surface area contributed by atoms with Crippen LogP contribution in [0.15, 0.2) is 0 Å². The van der Waals surface area contributed by atoms with Gasteiger partial charge in [-0.2, -0.15) is 0 Å². The van der Waals surface area contributed by atoms with Gasteiger partial charge in [-0.25, -0.2) is 18.6 Å². The number of hydrogen-bond acceptors (Lipinski definition) is 7. The summed E-state index contributed by atoms with van der Waals surface area (Å²) < 4.78 is 36.0. The normalized spacial score (nSPS) is 45.9. The third-order valence-electron chi connectivity index (χ3n) is 7.27. The summed E-state index contributed by atoms with van der Waals surface area (Å²) in [4.78, 5) is 6.71. The van der Waals surface area contributed by atoms with Crippen molar-refractivity contribution in [1.82, 2.24) is 4.90 Å². The fraction of sp³-hybridized carbons (Fsp3) is 1.00. The monoisotopic (exact) mass is 419 g/mol. The van der Waals surface area contributed by atoms with Crippen molar-refractivity contribution in [3.63, 3.8) is 0 Å². The molecule has 8 heteroatoms. The van der Waals surface area contributed by atoms with Gasteiger partial charge in [-0.05, 0) is 36.5 Å². The summed E-state index contributed by atoms with van der Waals surface area (Å²) in [7, 11) is -2.92. The molecule has 2 unspecified atom stereocenters. The van der Waals surface area contributed by atoms with E-state index >= 15 is 0 Å². The lowest BCUT2D eigenvalue weighted by Crippen LogP contribution is -2.60. The Labute approximate surface area is 169 Å². The molecule has 7 nitrogen and oxygen atoms in total. The molecule has 1 aliphatic carbocycles. The fourth-order valence-electron chi connectivity index (χ4n) is 5.76. The van der Waals surface area contributed by atoms with Crippen molar-refractivity contribution in [2.75, 3.05) is 24.6 Å². The van der Waals surface area contributed by atoms with Gasteiger partial charge >= 0.3 is 0 Å². The summed E-state index contributed by atoms with van der Waals surface area (Å²) in [5.74, 6) is 2.68. The van der Waals surface area contributed by atoms with E-state index in [4.69, 9.17) is 9.47 Å². The van der Waals surface area contributed by atoms with E-state index in [1.54, 1.807) is 0 Å². The van der Waals surface area contributed by atoms with E-state index in [-0.39, 0.29) is 17.7 Å². The molecule has 4 aliphatic rings. The van der Waals surface area contributed by atoms with Crippen LogP contribution < -0.4 is 0 Å². The molecule has 3 aliphatic heterocycles. The Kier molecular flexibility index (Phi) is 7.43. The van der Waals surface area contributed by atoms with E-state index in [0.717, 1.165) is 12.8 Å². The fourth-order valence-corrected chi connectivity index (χ4v) is 6.99. The second-order valence-corrected chi connectivity index (χ2v) is 11.0. The van der Waals surface area contributed by atoms with Crippen LogP contribution in [0.2, 0.25) is 0 Å². The molecule has 1 N–H and O–H groups in total. The quantitative estimate of drug-likeness (QED) is 0.544. The van der Waals surface area contributed by atoms with E-state index in [9.17, 15) is 13.7 Å². The van der Waals surface area contributed by atoms with Gasteiger partial charge in [0, 0.05) is 25.4 Å². The minimum Gasteiger partial charge on any atom is -0.334 e. The number of hydrogen-bond donors (Lipinski definition) is 1.